The second kappa shape index (κ2) is 4.91. The minimum absolute atomic E-state index is 0.425. The number of hydrogen-bond acceptors (Lipinski definition) is 3. The molecular formula is C12H17ClN2O. The first-order valence-electron chi connectivity index (χ1n) is 5.59. The number of pyridine rings is 1. The molecule has 2 unspecified atom stereocenters. The van der Waals surface area contributed by atoms with Crippen molar-refractivity contribution in [3.63, 3.8) is 0 Å². The number of rotatable bonds is 3. The van der Waals surface area contributed by atoms with Gasteiger partial charge in [-0.05, 0) is 18.4 Å². The van der Waals surface area contributed by atoms with Crippen molar-refractivity contribution in [2.24, 2.45) is 5.92 Å². The first-order valence-corrected chi connectivity index (χ1v) is 6.12. The zero-order valence-electron chi connectivity index (χ0n) is 9.69. The SMILES string of the molecule is COc1cc(N2CCC(C)C2CCl)ccn1. The van der Waals surface area contributed by atoms with Crippen LogP contribution >= 0.6 is 11.6 Å². The highest BCUT2D eigenvalue weighted by Gasteiger charge is 2.30. The van der Waals surface area contributed by atoms with E-state index in [1.165, 1.54) is 6.42 Å². The molecule has 0 aromatic carbocycles. The molecule has 1 aromatic heterocycles. The quantitative estimate of drug-likeness (QED) is 0.760. The summed E-state index contributed by atoms with van der Waals surface area (Å²) in [7, 11) is 1.64. The van der Waals surface area contributed by atoms with Crippen LogP contribution in [0.5, 0.6) is 5.88 Å². The fourth-order valence-corrected chi connectivity index (χ4v) is 2.72. The number of alkyl halides is 1. The van der Waals surface area contributed by atoms with Crippen LogP contribution in [0.4, 0.5) is 5.69 Å². The fourth-order valence-electron chi connectivity index (χ4n) is 2.25. The van der Waals surface area contributed by atoms with E-state index >= 15 is 0 Å². The molecule has 0 amide bonds. The third-order valence-corrected chi connectivity index (χ3v) is 3.62. The van der Waals surface area contributed by atoms with Crippen LogP contribution in [0.3, 0.4) is 0 Å². The van der Waals surface area contributed by atoms with Gasteiger partial charge in [0.25, 0.3) is 0 Å². The van der Waals surface area contributed by atoms with Crippen LogP contribution in [0.25, 0.3) is 0 Å². The maximum absolute atomic E-state index is 6.03. The van der Waals surface area contributed by atoms with Crippen molar-refractivity contribution in [2.45, 2.75) is 19.4 Å². The van der Waals surface area contributed by atoms with E-state index in [4.69, 9.17) is 16.3 Å². The molecule has 0 radical (unpaired) electrons. The predicted octanol–water partition coefficient (Wildman–Crippen LogP) is 2.54. The summed E-state index contributed by atoms with van der Waals surface area (Å²) in [4.78, 5) is 6.47. The predicted molar refractivity (Wildman–Crippen MR) is 66.4 cm³/mol. The van der Waals surface area contributed by atoms with Gasteiger partial charge in [0.2, 0.25) is 5.88 Å². The molecule has 3 nitrogen and oxygen atoms in total. The Balaban J connectivity index is 2.22. The van der Waals surface area contributed by atoms with Crippen LogP contribution in [-0.2, 0) is 0 Å². The van der Waals surface area contributed by atoms with Gasteiger partial charge in [0, 0.05) is 36.4 Å². The number of hydrogen-bond donors (Lipinski definition) is 0. The van der Waals surface area contributed by atoms with Gasteiger partial charge in [-0.2, -0.15) is 0 Å². The first-order chi connectivity index (χ1) is 7.76. The zero-order valence-corrected chi connectivity index (χ0v) is 10.4. The van der Waals surface area contributed by atoms with E-state index in [1.54, 1.807) is 13.3 Å². The maximum Gasteiger partial charge on any atom is 0.214 e. The second-order valence-electron chi connectivity index (χ2n) is 4.24. The number of methoxy groups -OCH3 is 1. The van der Waals surface area contributed by atoms with Gasteiger partial charge < -0.3 is 9.64 Å². The number of aromatic nitrogens is 1. The summed E-state index contributed by atoms with van der Waals surface area (Å²) >= 11 is 6.03. The van der Waals surface area contributed by atoms with Crippen molar-refractivity contribution in [1.82, 2.24) is 4.98 Å². The van der Waals surface area contributed by atoms with Crippen molar-refractivity contribution in [3.05, 3.63) is 18.3 Å². The number of nitrogens with zero attached hydrogens (tertiary/aromatic N) is 2. The summed E-state index contributed by atoms with van der Waals surface area (Å²) in [5.74, 6) is 1.98. The zero-order chi connectivity index (χ0) is 11.5. The van der Waals surface area contributed by atoms with Gasteiger partial charge in [-0.25, -0.2) is 4.98 Å². The summed E-state index contributed by atoms with van der Waals surface area (Å²) in [5.41, 5.74) is 1.15. The lowest BCUT2D eigenvalue weighted by Crippen LogP contribution is -2.33. The number of halogens is 1. The second-order valence-corrected chi connectivity index (χ2v) is 4.55. The minimum Gasteiger partial charge on any atom is -0.481 e. The maximum atomic E-state index is 6.03. The highest BCUT2D eigenvalue weighted by Crippen LogP contribution is 2.31. The highest BCUT2D eigenvalue weighted by molar-refractivity contribution is 6.18. The summed E-state index contributed by atoms with van der Waals surface area (Å²) < 4.78 is 5.14. The van der Waals surface area contributed by atoms with Gasteiger partial charge in [-0.1, -0.05) is 6.92 Å². The largest absolute Gasteiger partial charge is 0.481 e. The van der Waals surface area contributed by atoms with E-state index in [2.05, 4.69) is 16.8 Å². The first kappa shape index (κ1) is 11.5. The van der Waals surface area contributed by atoms with Gasteiger partial charge in [-0.15, -0.1) is 11.6 Å². The van der Waals surface area contributed by atoms with E-state index in [9.17, 15) is 0 Å². The van der Waals surface area contributed by atoms with E-state index in [-0.39, 0.29) is 0 Å². The van der Waals surface area contributed by atoms with Gasteiger partial charge in [-0.3, -0.25) is 0 Å². The summed E-state index contributed by atoms with van der Waals surface area (Å²) in [6, 6.07) is 4.41. The Morgan fingerprint density at radius 3 is 3.12 bits per heavy atom. The van der Waals surface area contributed by atoms with Crippen molar-refractivity contribution in [2.75, 3.05) is 24.4 Å². The monoisotopic (exact) mass is 240 g/mol. The van der Waals surface area contributed by atoms with Crippen LogP contribution in [-0.4, -0.2) is 30.6 Å². The van der Waals surface area contributed by atoms with Gasteiger partial charge in [0.15, 0.2) is 0 Å². The van der Waals surface area contributed by atoms with Crippen LogP contribution in [0.15, 0.2) is 18.3 Å². The number of ether oxygens (including phenoxy) is 1. The van der Waals surface area contributed by atoms with Crippen molar-refractivity contribution >= 4 is 17.3 Å². The standard InChI is InChI=1S/C12H17ClN2O/c1-9-4-6-15(11(9)8-13)10-3-5-14-12(7-10)16-2/h3,5,7,9,11H,4,6,8H2,1-2H3. The molecule has 16 heavy (non-hydrogen) atoms. The molecule has 1 saturated heterocycles. The molecule has 0 spiro atoms. The minimum atomic E-state index is 0.425. The molecule has 4 heteroatoms. The van der Waals surface area contributed by atoms with E-state index in [0.717, 1.165) is 12.2 Å². The Morgan fingerprint density at radius 2 is 2.44 bits per heavy atom. The Kier molecular flexibility index (Phi) is 3.54. The number of anilines is 1. The molecule has 2 rings (SSSR count). The third-order valence-electron chi connectivity index (χ3n) is 3.30. The van der Waals surface area contributed by atoms with Crippen molar-refractivity contribution < 1.29 is 4.74 Å². The topological polar surface area (TPSA) is 25.4 Å². The lowest BCUT2D eigenvalue weighted by Gasteiger charge is -2.27. The Bertz CT molecular complexity index is 359. The third kappa shape index (κ3) is 2.09. The molecule has 2 heterocycles. The molecule has 1 aliphatic heterocycles. The van der Waals surface area contributed by atoms with E-state index in [1.807, 2.05) is 12.1 Å². The van der Waals surface area contributed by atoms with Crippen LogP contribution < -0.4 is 9.64 Å². The molecule has 0 N–H and O–H groups in total. The Morgan fingerprint density at radius 1 is 1.62 bits per heavy atom. The average Bonchev–Trinajstić information content (AvgIpc) is 2.70. The lowest BCUT2D eigenvalue weighted by molar-refractivity contribution is 0.398. The van der Waals surface area contributed by atoms with Gasteiger partial charge >= 0.3 is 0 Å². The fraction of sp³-hybridized carbons (Fsp3) is 0.583. The summed E-state index contributed by atoms with van der Waals surface area (Å²) in [6.45, 7) is 3.32. The molecule has 88 valence electrons. The lowest BCUT2D eigenvalue weighted by atomic mass is 10.0. The van der Waals surface area contributed by atoms with Crippen LogP contribution in [0.2, 0.25) is 0 Å². The molecule has 1 aromatic rings. The smallest absolute Gasteiger partial charge is 0.214 e. The Labute approximate surface area is 101 Å². The normalized spacial score (nSPS) is 24.8. The molecule has 2 atom stereocenters. The molecule has 1 aliphatic rings. The van der Waals surface area contributed by atoms with Crippen LogP contribution in [0.1, 0.15) is 13.3 Å². The Hall–Kier alpha value is -0.960. The highest BCUT2D eigenvalue weighted by atomic mass is 35.5. The molecule has 0 saturated carbocycles. The van der Waals surface area contributed by atoms with E-state index in [0.29, 0.717) is 23.7 Å². The summed E-state index contributed by atoms with van der Waals surface area (Å²) in [6.07, 6.45) is 2.98. The van der Waals surface area contributed by atoms with Crippen LogP contribution in [0, 0.1) is 5.92 Å². The molecule has 0 bridgehead atoms. The molecular weight excluding hydrogens is 224 g/mol. The van der Waals surface area contributed by atoms with Crippen molar-refractivity contribution in [1.29, 1.82) is 0 Å². The summed E-state index contributed by atoms with van der Waals surface area (Å²) in [5, 5.41) is 0. The molecule has 0 aliphatic carbocycles. The average molecular weight is 241 g/mol. The molecule has 1 fully saturated rings. The van der Waals surface area contributed by atoms with Crippen molar-refractivity contribution in [3.8, 4) is 5.88 Å². The van der Waals surface area contributed by atoms with E-state index < -0.39 is 0 Å². The van der Waals surface area contributed by atoms with Gasteiger partial charge in [0.05, 0.1) is 7.11 Å². The van der Waals surface area contributed by atoms with Gasteiger partial charge in [0.1, 0.15) is 0 Å².